The van der Waals surface area contributed by atoms with Crippen LogP contribution in [0, 0.1) is 11.3 Å². The highest BCUT2D eigenvalue weighted by Gasteiger charge is 2.23. The number of imidazole rings is 1. The zero-order valence-electron chi connectivity index (χ0n) is 14.3. The van der Waals surface area contributed by atoms with Gasteiger partial charge >= 0.3 is 5.97 Å². The van der Waals surface area contributed by atoms with Gasteiger partial charge < -0.3 is 10.5 Å². The lowest BCUT2D eigenvalue weighted by Crippen LogP contribution is -2.05. The molecule has 0 aliphatic carbocycles. The minimum atomic E-state index is -0.465. The van der Waals surface area contributed by atoms with Gasteiger partial charge in [-0.3, -0.25) is 4.57 Å². The van der Waals surface area contributed by atoms with Crippen LogP contribution in [-0.2, 0) is 10.5 Å². The number of benzene rings is 1. The van der Waals surface area contributed by atoms with Crippen molar-refractivity contribution in [3.63, 3.8) is 0 Å². The van der Waals surface area contributed by atoms with Gasteiger partial charge in [0, 0.05) is 34.4 Å². The number of nitrogens with two attached hydrogens (primary N) is 1. The molecule has 138 valence electrons. The number of nitriles is 1. The van der Waals surface area contributed by atoms with Crippen LogP contribution in [0.5, 0.6) is 0 Å². The third-order valence-corrected chi connectivity index (χ3v) is 5.95. The molecule has 0 saturated heterocycles. The Kier molecular flexibility index (Phi) is 6.06. The van der Waals surface area contributed by atoms with Crippen molar-refractivity contribution >= 4 is 45.7 Å². The Labute approximate surface area is 169 Å². The van der Waals surface area contributed by atoms with Crippen LogP contribution in [0.2, 0.25) is 5.02 Å². The quantitative estimate of drug-likeness (QED) is 0.467. The van der Waals surface area contributed by atoms with Gasteiger partial charge in [-0.15, -0.1) is 11.3 Å². The van der Waals surface area contributed by atoms with Gasteiger partial charge in [0.2, 0.25) is 0 Å². The lowest BCUT2D eigenvalue weighted by molar-refractivity contribution is 0.0531. The van der Waals surface area contributed by atoms with Gasteiger partial charge in [0.1, 0.15) is 15.9 Å². The van der Waals surface area contributed by atoms with Gasteiger partial charge in [-0.1, -0.05) is 23.4 Å². The molecule has 0 bridgehead atoms. The number of anilines is 1. The number of thioether (sulfide) groups is 1. The first-order chi connectivity index (χ1) is 13.0. The molecule has 0 amide bonds. The SMILES string of the molecule is CCOC(=O)c1sc(N)c(C#N)c1CSc1nccn1-c1ccc(Cl)cc1. The van der Waals surface area contributed by atoms with Gasteiger partial charge in [0.05, 0.1) is 12.2 Å². The molecule has 3 rings (SSSR count). The van der Waals surface area contributed by atoms with Gasteiger partial charge in [-0.05, 0) is 31.2 Å². The number of ether oxygens (including phenoxy) is 1. The number of carbonyl (C=O) groups excluding carboxylic acids is 1. The van der Waals surface area contributed by atoms with Gasteiger partial charge in [0.15, 0.2) is 5.16 Å². The molecular formula is C18H15ClN4O2S2. The fourth-order valence-corrected chi connectivity index (χ4v) is 4.59. The van der Waals surface area contributed by atoms with Crippen molar-refractivity contribution in [1.82, 2.24) is 9.55 Å². The molecular weight excluding hydrogens is 404 g/mol. The average molecular weight is 419 g/mol. The van der Waals surface area contributed by atoms with Crippen LogP contribution >= 0.6 is 34.7 Å². The molecule has 0 saturated carbocycles. The van der Waals surface area contributed by atoms with Crippen molar-refractivity contribution in [2.45, 2.75) is 17.8 Å². The van der Waals surface area contributed by atoms with E-state index in [9.17, 15) is 10.1 Å². The minimum Gasteiger partial charge on any atom is -0.462 e. The first kappa shape index (κ1) is 19.3. The van der Waals surface area contributed by atoms with Gasteiger partial charge in [-0.2, -0.15) is 5.26 Å². The highest BCUT2D eigenvalue weighted by atomic mass is 35.5. The largest absolute Gasteiger partial charge is 0.462 e. The Morgan fingerprint density at radius 2 is 2.19 bits per heavy atom. The number of hydrogen-bond donors (Lipinski definition) is 1. The summed E-state index contributed by atoms with van der Waals surface area (Å²) in [7, 11) is 0. The Morgan fingerprint density at radius 3 is 2.85 bits per heavy atom. The summed E-state index contributed by atoms with van der Waals surface area (Å²) in [6.45, 7) is 1.99. The summed E-state index contributed by atoms with van der Waals surface area (Å²) in [5.41, 5.74) is 7.73. The number of hydrogen-bond acceptors (Lipinski definition) is 7. The summed E-state index contributed by atoms with van der Waals surface area (Å²) in [5.74, 6) is -0.0950. The highest BCUT2D eigenvalue weighted by molar-refractivity contribution is 7.98. The second-order valence-corrected chi connectivity index (χ2v) is 7.76. The summed E-state index contributed by atoms with van der Waals surface area (Å²) in [4.78, 5) is 16.9. The van der Waals surface area contributed by atoms with E-state index in [1.54, 1.807) is 25.3 Å². The lowest BCUT2D eigenvalue weighted by atomic mass is 10.2. The molecule has 27 heavy (non-hydrogen) atoms. The molecule has 2 N–H and O–H groups in total. The first-order valence-electron chi connectivity index (χ1n) is 7.95. The first-order valence-corrected chi connectivity index (χ1v) is 10.1. The zero-order valence-corrected chi connectivity index (χ0v) is 16.7. The molecule has 1 aromatic carbocycles. The zero-order chi connectivity index (χ0) is 19.4. The fourth-order valence-electron chi connectivity index (χ4n) is 2.44. The van der Waals surface area contributed by atoms with Crippen LogP contribution in [-0.4, -0.2) is 22.1 Å². The van der Waals surface area contributed by atoms with Crippen molar-refractivity contribution in [3.05, 3.63) is 57.7 Å². The molecule has 0 radical (unpaired) electrons. The van der Waals surface area contributed by atoms with E-state index in [-0.39, 0.29) is 6.61 Å². The normalized spacial score (nSPS) is 10.6. The standard InChI is InChI=1S/C18H15ClN4O2S2/c1-2-25-17(24)15-14(13(9-20)16(21)27-15)10-26-18-22-7-8-23(18)12-5-3-11(19)4-6-12/h3-8H,2,10,21H2,1H3. The molecule has 0 spiro atoms. The maximum absolute atomic E-state index is 12.2. The van der Waals surface area contributed by atoms with E-state index >= 15 is 0 Å². The molecule has 9 heteroatoms. The van der Waals surface area contributed by atoms with E-state index in [0.29, 0.717) is 31.8 Å². The van der Waals surface area contributed by atoms with Crippen molar-refractivity contribution < 1.29 is 9.53 Å². The fraction of sp³-hybridized carbons (Fsp3) is 0.167. The molecule has 0 aliphatic rings. The summed E-state index contributed by atoms with van der Waals surface area (Å²) < 4.78 is 7.00. The van der Waals surface area contributed by atoms with Crippen LogP contribution in [0.4, 0.5) is 5.00 Å². The Hall–Kier alpha value is -2.47. The van der Waals surface area contributed by atoms with E-state index in [1.807, 2.05) is 22.9 Å². The molecule has 0 atom stereocenters. The number of nitrogens with zero attached hydrogens (tertiary/aromatic N) is 3. The maximum atomic E-state index is 12.2. The minimum absolute atomic E-state index is 0.256. The highest BCUT2D eigenvalue weighted by Crippen LogP contribution is 2.35. The van der Waals surface area contributed by atoms with Crippen LogP contribution in [0.3, 0.4) is 0 Å². The van der Waals surface area contributed by atoms with E-state index in [2.05, 4.69) is 11.1 Å². The summed E-state index contributed by atoms with van der Waals surface area (Å²) in [6.07, 6.45) is 3.53. The predicted octanol–water partition coefficient (Wildman–Crippen LogP) is 4.51. The van der Waals surface area contributed by atoms with E-state index < -0.39 is 5.97 Å². The number of aromatic nitrogens is 2. The molecule has 2 aromatic heterocycles. The topological polar surface area (TPSA) is 93.9 Å². The van der Waals surface area contributed by atoms with Crippen LogP contribution in [0.25, 0.3) is 5.69 Å². The molecule has 0 aliphatic heterocycles. The second kappa shape index (κ2) is 8.48. The van der Waals surface area contributed by atoms with E-state index in [4.69, 9.17) is 22.1 Å². The van der Waals surface area contributed by atoms with Crippen LogP contribution in [0.15, 0.2) is 41.8 Å². The van der Waals surface area contributed by atoms with Crippen molar-refractivity contribution in [1.29, 1.82) is 5.26 Å². The Morgan fingerprint density at radius 1 is 1.44 bits per heavy atom. The van der Waals surface area contributed by atoms with Crippen LogP contribution < -0.4 is 5.73 Å². The van der Waals surface area contributed by atoms with Gasteiger partial charge in [-0.25, -0.2) is 9.78 Å². The second-order valence-electron chi connectivity index (χ2n) is 5.33. The number of esters is 1. The molecule has 0 fully saturated rings. The maximum Gasteiger partial charge on any atom is 0.348 e. The summed E-state index contributed by atoms with van der Waals surface area (Å²) >= 11 is 8.44. The number of halogens is 1. The van der Waals surface area contributed by atoms with Crippen molar-refractivity contribution in [2.75, 3.05) is 12.3 Å². The predicted molar refractivity (Wildman–Crippen MR) is 108 cm³/mol. The monoisotopic (exact) mass is 418 g/mol. The Balaban J connectivity index is 1.88. The smallest absolute Gasteiger partial charge is 0.348 e. The van der Waals surface area contributed by atoms with Crippen molar-refractivity contribution in [3.8, 4) is 11.8 Å². The molecule has 0 unspecified atom stereocenters. The number of nitrogen functional groups attached to an aromatic ring is 1. The summed E-state index contributed by atoms with van der Waals surface area (Å²) in [6, 6.07) is 9.47. The number of thiophene rings is 1. The lowest BCUT2D eigenvalue weighted by Gasteiger charge is -2.08. The third-order valence-electron chi connectivity index (χ3n) is 3.66. The molecule has 6 nitrogen and oxygen atoms in total. The third kappa shape index (κ3) is 4.11. The van der Waals surface area contributed by atoms with Crippen LogP contribution in [0.1, 0.15) is 27.7 Å². The van der Waals surface area contributed by atoms with Crippen molar-refractivity contribution in [2.24, 2.45) is 0 Å². The van der Waals surface area contributed by atoms with E-state index in [0.717, 1.165) is 22.2 Å². The number of carbonyl (C=O) groups is 1. The summed E-state index contributed by atoms with van der Waals surface area (Å²) in [5, 5.41) is 11.1. The molecule has 2 heterocycles. The number of rotatable bonds is 6. The van der Waals surface area contributed by atoms with Gasteiger partial charge in [0.25, 0.3) is 0 Å². The average Bonchev–Trinajstić information content (AvgIpc) is 3.24. The van der Waals surface area contributed by atoms with E-state index in [1.165, 1.54) is 11.8 Å². The molecule has 3 aromatic rings. The Bertz CT molecular complexity index is 1010.